The maximum atomic E-state index is 11.8. The summed E-state index contributed by atoms with van der Waals surface area (Å²) in [7, 11) is -1.90. The van der Waals surface area contributed by atoms with Gasteiger partial charge in [-0.05, 0) is 6.07 Å². The number of H-pyrrole nitrogens is 1. The second-order valence-corrected chi connectivity index (χ2v) is 5.25. The van der Waals surface area contributed by atoms with E-state index in [1.54, 1.807) is 19.2 Å². The summed E-state index contributed by atoms with van der Waals surface area (Å²) in [4.78, 5) is 2.87. The average molecular weight is 232 g/mol. The summed E-state index contributed by atoms with van der Waals surface area (Å²) in [5.74, 6) is 0. The Labute approximate surface area is 88.6 Å². The van der Waals surface area contributed by atoms with Crippen molar-refractivity contribution in [1.29, 1.82) is 0 Å². The smallest absolute Gasteiger partial charge is 0.245 e. The summed E-state index contributed by atoms with van der Waals surface area (Å²) in [5, 5.41) is 0. The van der Waals surface area contributed by atoms with E-state index in [2.05, 4.69) is 4.98 Å². The van der Waals surface area contributed by atoms with Crippen LogP contribution in [-0.4, -0.2) is 31.3 Å². The first-order valence-corrected chi connectivity index (χ1v) is 5.98. The van der Waals surface area contributed by atoms with Gasteiger partial charge in [0.25, 0.3) is 0 Å². The zero-order valence-electron chi connectivity index (χ0n) is 8.02. The molecule has 78 valence electrons. The lowest BCUT2D eigenvalue weighted by atomic mass is 10.5. The molecule has 1 N–H and O–H groups in total. The molecule has 0 radical (unpaired) electrons. The van der Waals surface area contributed by atoms with Crippen molar-refractivity contribution in [3.63, 3.8) is 0 Å². The molecule has 0 aliphatic carbocycles. The molecule has 1 heterocycles. The molecule has 0 saturated carbocycles. The van der Waals surface area contributed by atoms with Crippen LogP contribution in [0.1, 0.15) is 6.92 Å². The highest BCUT2D eigenvalue weighted by Crippen LogP contribution is 2.13. The molecule has 0 unspecified atom stereocenters. The van der Waals surface area contributed by atoms with Crippen molar-refractivity contribution in [3.05, 3.63) is 23.0 Å². The first-order valence-electron chi connectivity index (χ1n) is 4.13. The van der Waals surface area contributed by atoms with Crippen LogP contribution >= 0.6 is 12.2 Å². The molecule has 0 fully saturated rings. The molecule has 0 spiro atoms. The predicted octanol–water partition coefficient (Wildman–Crippen LogP) is 1.38. The van der Waals surface area contributed by atoms with E-state index < -0.39 is 10.0 Å². The van der Waals surface area contributed by atoms with E-state index in [1.807, 2.05) is 0 Å². The Hall–Kier alpha value is -0.720. The summed E-state index contributed by atoms with van der Waals surface area (Å²) in [6, 6.07) is 1.56. The summed E-state index contributed by atoms with van der Waals surface area (Å²) in [6.07, 6.45) is 3.01. The molecular weight excluding hydrogens is 220 g/mol. The Balaban J connectivity index is 3.32. The molecule has 0 atom stereocenters. The Morgan fingerprint density at radius 3 is 2.71 bits per heavy atom. The highest BCUT2D eigenvalue weighted by Gasteiger charge is 2.20. The Morgan fingerprint density at radius 2 is 2.21 bits per heavy atom. The third kappa shape index (κ3) is 2.02. The zero-order chi connectivity index (χ0) is 10.8. The standard InChI is InChI=1S/C8H12N2O2S2/c1-3-10(2)14(11,12)8-6-9-5-4-7(8)13/h4-6H,3H2,1-2H3,(H,9,13). The van der Waals surface area contributed by atoms with E-state index >= 15 is 0 Å². The number of aromatic nitrogens is 1. The second-order valence-electron chi connectivity index (χ2n) is 2.79. The summed E-state index contributed by atoms with van der Waals surface area (Å²) in [6.45, 7) is 2.19. The number of sulfonamides is 1. The first kappa shape index (κ1) is 11.4. The van der Waals surface area contributed by atoms with E-state index in [-0.39, 0.29) is 4.90 Å². The van der Waals surface area contributed by atoms with Crippen LogP contribution in [0, 0.1) is 4.51 Å². The molecule has 1 rings (SSSR count). The van der Waals surface area contributed by atoms with E-state index in [0.29, 0.717) is 11.1 Å². The number of rotatable bonds is 3. The molecule has 0 amide bonds. The van der Waals surface area contributed by atoms with Gasteiger partial charge in [0.1, 0.15) is 4.90 Å². The highest BCUT2D eigenvalue weighted by molar-refractivity contribution is 7.89. The fourth-order valence-electron chi connectivity index (χ4n) is 0.940. The van der Waals surface area contributed by atoms with Crippen LogP contribution in [-0.2, 0) is 10.0 Å². The van der Waals surface area contributed by atoms with Gasteiger partial charge < -0.3 is 4.98 Å². The molecular formula is C8H12N2O2S2. The minimum atomic E-state index is -3.42. The van der Waals surface area contributed by atoms with Crippen molar-refractivity contribution >= 4 is 22.2 Å². The largest absolute Gasteiger partial charge is 0.366 e. The van der Waals surface area contributed by atoms with Gasteiger partial charge in [0, 0.05) is 26.0 Å². The van der Waals surface area contributed by atoms with Gasteiger partial charge in [0.15, 0.2) is 0 Å². The summed E-state index contributed by atoms with van der Waals surface area (Å²) >= 11 is 4.94. The van der Waals surface area contributed by atoms with Gasteiger partial charge in [-0.3, -0.25) is 0 Å². The lowest BCUT2D eigenvalue weighted by Gasteiger charge is -2.14. The molecule has 14 heavy (non-hydrogen) atoms. The monoisotopic (exact) mass is 232 g/mol. The van der Waals surface area contributed by atoms with Gasteiger partial charge in [0.2, 0.25) is 10.0 Å². The number of hydrogen-bond acceptors (Lipinski definition) is 3. The fraction of sp³-hybridized carbons (Fsp3) is 0.375. The van der Waals surface area contributed by atoms with Crippen LogP contribution in [0.3, 0.4) is 0 Å². The van der Waals surface area contributed by atoms with Crippen molar-refractivity contribution in [2.45, 2.75) is 11.8 Å². The predicted molar refractivity (Wildman–Crippen MR) is 57.1 cm³/mol. The van der Waals surface area contributed by atoms with Crippen LogP contribution < -0.4 is 0 Å². The normalized spacial score (nSPS) is 11.9. The number of nitrogens with one attached hydrogen (secondary N) is 1. The molecule has 4 nitrogen and oxygen atoms in total. The van der Waals surface area contributed by atoms with Gasteiger partial charge in [-0.15, -0.1) is 0 Å². The lowest BCUT2D eigenvalue weighted by molar-refractivity contribution is 0.486. The van der Waals surface area contributed by atoms with Crippen molar-refractivity contribution in [2.75, 3.05) is 13.6 Å². The Bertz CT molecular complexity index is 464. The lowest BCUT2D eigenvalue weighted by Crippen LogP contribution is -2.26. The fourth-order valence-corrected chi connectivity index (χ4v) is 2.60. The molecule has 1 aromatic heterocycles. The number of nitrogens with zero attached hydrogens (tertiary/aromatic N) is 1. The average Bonchev–Trinajstić information content (AvgIpc) is 2.17. The van der Waals surface area contributed by atoms with E-state index in [9.17, 15) is 8.42 Å². The van der Waals surface area contributed by atoms with Crippen molar-refractivity contribution in [2.24, 2.45) is 0 Å². The van der Waals surface area contributed by atoms with E-state index in [0.717, 1.165) is 0 Å². The summed E-state index contributed by atoms with van der Waals surface area (Å²) < 4.78 is 25.2. The molecule has 0 saturated heterocycles. The molecule has 6 heteroatoms. The van der Waals surface area contributed by atoms with Crippen LogP contribution in [0.4, 0.5) is 0 Å². The number of pyridine rings is 1. The minimum absolute atomic E-state index is 0.152. The van der Waals surface area contributed by atoms with E-state index in [4.69, 9.17) is 12.2 Å². The molecule has 0 aromatic carbocycles. The Kier molecular flexibility index (Phi) is 3.41. The second kappa shape index (κ2) is 4.20. The van der Waals surface area contributed by atoms with E-state index in [1.165, 1.54) is 17.5 Å². The van der Waals surface area contributed by atoms with Crippen LogP contribution in [0.25, 0.3) is 0 Å². The maximum absolute atomic E-state index is 11.8. The molecule has 0 aliphatic rings. The van der Waals surface area contributed by atoms with Crippen LogP contribution in [0.5, 0.6) is 0 Å². The van der Waals surface area contributed by atoms with Gasteiger partial charge in [-0.1, -0.05) is 19.1 Å². The number of hydrogen-bond donors (Lipinski definition) is 1. The third-order valence-electron chi connectivity index (χ3n) is 1.92. The summed E-state index contributed by atoms with van der Waals surface area (Å²) in [5.41, 5.74) is 0. The van der Waals surface area contributed by atoms with Gasteiger partial charge in [-0.2, -0.15) is 0 Å². The quantitative estimate of drug-likeness (QED) is 0.801. The molecule has 0 bridgehead atoms. The third-order valence-corrected chi connectivity index (χ3v) is 4.38. The number of aromatic amines is 1. The molecule has 0 aliphatic heterocycles. The van der Waals surface area contributed by atoms with Crippen molar-refractivity contribution in [3.8, 4) is 0 Å². The molecule has 1 aromatic rings. The van der Waals surface area contributed by atoms with Gasteiger partial charge in [0.05, 0.1) is 4.51 Å². The Morgan fingerprint density at radius 1 is 1.57 bits per heavy atom. The minimum Gasteiger partial charge on any atom is -0.366 e. The van der Waals surface area contributed by atoms with Gasteiger partial charge >= 0.3 is 0 Å². The van der Waals surface area contributed by atoms with Crippen LogP contribution in [0.15, 0.2) is 23.4 Å². The van der Waals surface area contributed by atoms with Crippen molar-refractivity contribution in [1.82, 2.24) is 9.29 Å². The highest BCUT2D eigenvalue weighted by atomic mass is 32.2. The topological polar surface area (TPSA) is 53.2 Å². The van der Waals surface area contributed by atoms with Gasteiger partial charge in [-0.25, -0.2) is 12.7 Å². The SMILES string of the molecule is CCN(C)S(=O)(=O)c1c[nH]ccc1=S. The zero-order valence-corrected chi connectivity index (χ0v) is 9.65. The maximum Gasteiger partial charge on any atom is 0.245 e. The van der Waals surface area contributed by atoms with Crippen LogP contribution in [0.2, 0.25) is 0 Å². The van der Waals surface area contributed by atoms with Crippen molar-refractivity contribution < 1.29 is 8.42 Å². The first-order chi connectivity index (χ1) is 6.50.